The molecule has 0 bridgehead atoms. The largest absolute Gasteiger partial charge is 0.379 e. The van der Waals surface area contributed by atoms with Crippen molar-refractivity contribution in [1.82, 2.24) is 15.3 Å². The van der Waals surface area contributed by atoms with E-state index in [2.05, 4.69) is 41.4 Å². The summed E-state index contributed by atoms with van der Waals surface area (Å²) in [5.41, 5.74) is 1.10. The van der Waals surface area contributed by atoms with Crippen LogP contribution in [0.4, 0.5) is 5.95 Å². The van der Waals surface area contributed by atoms with Gasteiger partial charge in [0.2, 0.25) is 5.95 Å². The zero-order valence-electron chi connectivity index (χ0n) is 12.3. The average molecular weight is 266 g/mol. The van der Waals surface area contributed by atoms with Gasteiger partial charge < -0.3 is 15.4 Å². The fraction of sp³-hybridized carbons (Fsp3) is 0.714. The van der Waals surface area contributed by atoms with E-state index in [0.717, 1.165) is 44.6 Å². The lowest BCUT2D eigenvalue weighted by Gasteiger charge is -2.08. The van der Waals surface area contributed by atoms with Crippen molar-refractivity contribution in [1.29, 1.82) is 0 Å². The molecule has 1 heterocycles. The van der Waals surface area contributed by atoms with E-state index in [0.29, 0.717) is 12.1 Å². The Morgan fingerprint density at radius 2 is 1.95 bits per heavy atom. The van der Waals surface area contributed by atoms with Gasteiger partial charge in [0, 0.05) is 37.7 Å². The summed E-state index contributed by atoms with van der Waals surface area (Å²) in [6.07, 6.45) is 6.14. The maximum Gasteiger partial charge on any atom is 0.222 e. The molecule has 0 atom stereocenters. The van der Waals surface area contributed by atoms with Gasteiger partial charge in [0.05, 0.1) is 6.10 Å². The lowest BCUT2D eigenvalue weighted by molar-refractivity contribution is 0.0770. The molecular weight excluding hydrogens is 240 g/mol. The fourth-order valence-corrected chi connectivity index (χ4v) is 1.52. The Bertz CT molecular complexity index is 327. The maximum absolute atomic E-state index is 5.47. The molecule has 1 aromatic rings. The van der Waals surface area contributed by atoms with Crippen LogP contribution in [0.3, 0.4) is 0 Å². The highest BCUT2D eigenvalue weighted by Crippen LogP contribution is 2.00. The van der Waals surface area contributed by atoms with Crippen molar-refractivity contribution in [3.63, 3.8) is 0 Å². The van der Waals surface area contributed by atoms with Crippen LogP contribution in [0, 0.1) is 0 Å². The molecule has 0 aromatic carbocycles. The van der Waals surface area contributed by atoms with Gasteiger partial charge in [-0.15, -0.1) is 0 Å². The quantitative estimate of drug-likeness (QED) is 0.636. The van der Waals surface area contributed by atoms with Crippen molar-refractivity contribution >= 4 is 5.95 Å². The zero-order valence-corrected chi connectivity index (χ0v) is 12.3. The Morgan fingerprint density at radius 3 is 2.58 bits per heavy atom. The summed E-state index contributed by atoms with van der Waals surface area (Å²) < 4.78 is 5.47. The first kappa shape index (κ1) is 15.9. The normalized spacial score (nSPS) is 10.9. The number of hydrogen-bond acceptors (Lipinski definition) is 5. The Balaban J connectivity index is 2.12. The third-order valence-electron chi connectivity index (χ3n) is 2.52. The third-order valence-corrected chi connectivity index (χ3v) is 2.52. The van der Waals surface area contributed by atoms with Gasteiger partial charge in [0.25, 0.3) is 0 Å². The van der Waals surface area contributed by atoms with Gasteiger partial charge in [-0.1, -0.05) is 6.92 Å². The van der Waals surface area contributed by atoms with E-state index in [9.17, 15) is 0 Å². The third kappa shape index (κ3) is 7.74. The summed E-state index contributed by atoms with van der Waals surface area (Å²) in [6.45, 7) is 9.69. The number of nitrogens with zero attached hydrogens (tertiary/aromatic N) is 2. The summed E-state index contributed by atoms with van der Waals surface area (Å²) >= 11 is 0. The number of aromatic nitrogens is 2. The highest BCUT2D eigenvalue weighted by atomic mass is 16.5. The van der Waals surface area contributed by atoms with E-state index in [1.165, 1.54) is 0 Å². The van der Waals surface area contributed by atoms with E-state index in [4.69, 9.17) is 4.74 Å². The predicted octanol–water partition coefficient (Wildman–Crippen LogP) is 2.20. The average Bonchev–Trinajstić information content (AvgIpc) is 2.41. The molecule has 0 radical (unpaired) electrons. The van der Waals surface area contributed by atoms with Crippen molar-refractivity contribution in [2.24, 2.45) is 0 Å². The van der Waals surface area contributed by atoms with E-state index in [1.807, 2.05) is 12.4 Å². The summed E-state index contributed by atoms with van der Waals surface area (Å²) in [7, 11) is 0. The second-order valence-corrected chi connectivity index (χ2v) is 4.79. The lowest BCUT2D eigenvalue weighted by atomic mass is 10.3. The highest BCUT2D eigenvalue weighted by Gasteiger charge is 1.97. The molecule has 0 amide bonds. The summed E-state index contributed by atoms with van der Waals surface area (Å²) in [5.74, 6) is 0.705. The van der Waals surface area contributed by atoms with Gasteiger partial charge in [0.15, 0.2) is 0 Å². The molecule has 108 valence electrons. The minimum Gasteiger partial charge on any atom is -0.379 e. The minimum absolute atomic E-state index is 0.316. The van der Waals surface area contributed by atoms with E-state index < -0.39 is 0 Å². The van der Waals surface area contributed by atoms with Gasteiger partial charge in [-0.2, -0.15) is 0 Å². The fourth-order valence-electron chi connectivity index (χ4n) is 1.52. The Hall–Kier alpha value is -1.20. The molecule has 0 aliphatic heterocycles. The molecule has 0 unspecified atom stereocenters. The Labute approximate surface area is 116 Å². The van der Waals surface area contributed by atoms with Crippen LogP contribution in [0.15, 0.2) is 12.4 Å². The van der Waals surface area contributed by atoms with Crippen LogP contribution in [0.5, 0.6) is 0 Å². The SMILES string of the molecule is CCCNc1ncc(CNCCCOC(C)C)cn1. The molecule has 0 spiro atoms. The number of nitrogens with one attached hydrogen (secondary N) is 2. The van der Waals surface area contributed by atoms with Crippen molar-refractivity contribution < 1.29 is 4.74 Å². The van der Waals surface area contributed by atoms with Crippen LogP contribution < -0.4 is 10.6 Å². The summed E-state index contributed by atoms with van der Waals surface area (Å²) in [5, 5.41) is 6.51. The van der Waals surface area contributed by atoms with Crippen LogP contribution >= 0.6 is 0 Å². The van der Waals surface area contributed by atoms with E-state index in [1.54, 1.807) is 0 Å². The summed E-state index contributed by atoms with van der Waals surface area (Å²) in [6, 6.07) is 0. The second-order valence-electron chi connectivity index (χ2n) is 4.79. The van der Waals surface area contributed by atoms with Crippen LogP contribution in [0.25, 0.3) is 0 Å². The Morgan fingerprint density at radius 1 is 1.21 bits per heavy atom. The highest BCUT2D eigenvalue weighted by molar-refractivity contribution is 5.24. The van der Waals surface area contributed by atoms with Gasteiger partial charge in [0.1, 0.15) is 0 Å². The number of rotatable bonds is 10. The number of hydrogen-bond donors (Lipinski definition) is 2. The zero-order chi connectivity index (χ0) is 13.9. The first-order valence-corrected chi connectivity index (χ1v) is 7.09. The van der Waals surface area contributed by atoms with E-state index in [-0.39, 0.29) is 0 Å². The van der Waals surface area contributed by atoms with Gasteiger partial charge >= 0.3 is 0 Å². The molecule has 19 heavy (non-hydrogen) atoms. The van der Waals surface area contributed by atoms with Crippen LogP contribution in [0.1, 0.15) is 39.2 Å². The molecular formula is C14H26N4O. The first-order chi connectivity index (χ1) is 9.22. The molecule has 1 aromatic heterocycles. The Kier molecular flexibility index (Phi) is 8.09. The van der Waals surface area contributed by atoms with Crippen molar-refractivity contribution in [3.8, 4) is 0 Å². The van der Waals surface area contributed by atoms with Gasteiger partial charge in [-0.25, -0.2) is 9.97 Å². The van der Waals surface area contributed by atoms with Gasteiger partial charge in [-0.05, 0) is 33.2 Å². The molecule has 1 rings (SSSR count). The van der Waals surface area contributed by atoms with Crippen LogP contribution in [-0.2, 0) is 11.3 Å². The topological polar surface area (TPSA) is 59.1 Å². The molecule has 0 aliphatic carbocycles. The molecule has 5 heteroatoms. The number of ether oxygens (including phenoxy) is 1. The standard InChI is InChI=1S/C14H26N4O/c1-4-6-16-14-17-10-13(11-18-14)9-15-7-5-8-19-12(2)3/h10-12,15H,4-9H2,1-3H3,(H,16,17,18). The molecule has 5 nitrogen and oxygen atoms in total. The second kappa shape index (κ2) is 9.69. The molecule has 0 saturated carbocycles. The minimum atomic E-state index is 0.316. The first-order valence-electron chi connectivity index (χ1n) is 7.09. The maximum atomic E-state index is 5.47. The van der Waals surface area contributed by atoms with Crippen molar-refractivity contribution in [2.45, 2.75) is 46.3 Å². The molecule has 0 aliphatic rings. The van der Waals surface area contributed by atoms with Crippen molar-refractivity contribution in [3.05, 3.63) is 18.0 Å². The predicted molar refractivity (Wildman–Crippen MR) is 78.2 cm³/mol. The molecule has 2 N–H and O–H groups in total. The lowest BCUT2D eigenvalue weighted by Crippen LogP contribution is -2.17. The van der Waals surface area contributed by atoms with Crippen molar-refractivity contribution in [2.75, 3.05) is 25.0 Å². The van der Waals surface area contributed by atoms with E-state index >= 15 is 0 Å². The molecule has 0 fully saturated rings. The van der Waals surface area contributed by atoms with Crippen LogP contribution in [0.2, 0.25) is 0 Å². The molecule has 0 saturated heterocycles. The van der Waals surface area contributed by atoms with Crippen LogP contribution in [-0.4, -0.2) is 35.8 Å². The summed E-state index contributed by atoms with van der Waals surface area (Å²) in [4.78, 5) is 8.54. The number of anilines is 1. The monoisotopic (exact) mass is 266 g/mol. The smallest absolute Gasteiger partial charge is 0.222 e. The van der Waals surface area contributed by atoms with Gasteiger partial charge in [-0.3, -0.25) is 0 Å².